The molecule has 0 atom stereocenters. The third kappa shape index (κ3) is 3.68. The van der Waals surface area contributed by atoms with Crippen LogP contribution in [0, 0.1) is 0 Å². The van der Waals surface area contributed by atoms with Gasteiger partial charge in [-0.3, -0.25) is 4.79 Å². The first-order valence-corrected chi connectivity index (χ1v) is 5.95. The Balaban J connectivity index is 2.97. The smallest absolute Gasteiger partial charge is 0.325 e. The molecular weight excluding hydrogens is 246 g/mol. The molecule has 0 aromatic heterocycles. The zero-order valence-electron chi connectivity index (χ0n) is 12.1. The molecule has 0 aliphatic rings. The summed E-state index contributed by atoms with van der Waals surface area (Å²) < 4.78 is 15.4. The molecule has 0 saturated heterocycles. The van der Waals surface area contributed by atoms with Crippen LogP contribution in [0.3, 0.4) is 0 Å². The van der Waals surface area contributed by atoms with E-state index in [0.29, 0.717) is 0 Å². The molecule has 0 fully saturated rings. The van der Waals surface area contributed by atoms with Crippen LogP contribution < -0.4 is 4.90 Å². The van der Waals surface area contributed by atoms with Gasteiger partial charge in [-0.2, -0.15) is 0 Å². The lowest BCUT2D eigenvalue weighted by Crippen LogP contribution is -2.29. The molecule has 0 N–H and O–H groups in total. The second kappa shape index (κ2) is 6.54. The van der Waals surface area contributed by atoms with Crippen molar-refractivity contribution in [1.29, 1.82) is 0 Å². The Bertz CT molecular complexity index is 429. The summed E-state index contributed by atoms with van der Waals surface area (Å²) in [5.74, 6) is -1.09. The summed E-state index contributed by atoms with van der Waals surface area (Å²) in [6, 6.07) is 7.66. The minimum Gasteiger partial charge on any atom is -0.468 e. The van der Waals surface area contributed by atoms with Crippen molar-refractivity contribution < 1.29 is 19.0 Å². The van der Waals surface area contributed by atoms with Crippen molar-refractivity contribution in [3.8, 4) is 0 Å². The lowest BCUT2D eigenvalue weighted by Gasteiger charge is -2.28. The van der Waals surface area contributed by atoms with E-state index in [4.69, 9.17) is 9.47 Å². The number of likely N-dealkylation sites (N-methyl/N-ethyl adjacent to an activating group) is 1. The largest absolute Gasteiger partial charge is 0.468 e. The van der Waals surface area contributed by atoms with E-state index in [0.717, 1.165) is 11.3 Å². The summed E-state index contributed by atoms with van der Waals surface area (Å²) in [6.07, 6.45) is 0. The van der Waals surface area contributed by atoms with Gasteiger partial charge in [0.15, 0.2) is 5.79 Å². The molecule has 0 aliphatic carbocycles. The van der Waals surface area contributed by atoms with Crippen LogP contribution in [0.25, 0.3) is 0 Å². The number of hydrogen-bond acceptors (Lipinski definition) is 5. The standard InChI is InChI=1S/C14H21NO4/c1-14(18-4,19-5)11-7-6-8-12(9-11)15(2)10-13(16)17-3/h6-9H,10H2,1-5H3. The fourth-order valence-electron chi connectivity index (χ4n) is 1.69. The highest BCUT2D eigenvalue weighted by Gasteiger charge is 2.26. The first-order valence-electron chi connectivity index (χ1n) is 5.95. The van der Waals surface area contributed by atoms with Gasteiger partial charge in [0.25, 0.3) is 0 Å². The fraction of sp³-hybridized carbons (Fsp3) is 0.500. The highest BCUT2D eigenvalue weighted by Crippen LogP contribution is 2.28. The van der Waals surface area contributed by atoms with E-state index < -0.39 is 5.79 Å². The predicted octanol–water partition coefficient (Wildman–Crippen LogP) is 1.76. The van der Waals surface area contributed by atoms with Crippen LogP contribution in [0.5, 0.6) is 0 Å². The van der Waals surface area contributed by atoms with Crippen molar-refractivity contribution in [2.45, 2.75) is 12.7 Å². The zero-order chi connectivity index (χ0) is 14.5. The van der Waals surface area contributed by atoms with Crippen LogP contribution in [0.15, 0.2) is 24.3 Å². The molecule has 106 valence electrons. The summed E-state index contributed by atoms with van der Waals surface area (Å²) in [4.78, 5) is 13.1. The van der Waals surface area contributed by atoms with E-state index in [1.54, 1.807) is 19.1 Å². The van der Waals surface area contributed by atoms with Crippen LogP contribution in [0.1, 0.15) is 12.5 Å². The first-order chi connectivity index (χ1) is 8.96. The third-order valence-electron chi connectivity index (χ3n) is 3.18. The molecule has 0 spiro atoms. The minimum atomic E-state index is -0.803. The maximum Gasteiger partial charge on any atom is 0.325 e. The summed E-state index contributed by atoms with van der Waals surface area (Å²) in [5.41, 5.74) is 1.77. The van der Waals surface area contributed by atoms with Crippen molar-refractivity contribution in [1.82, 2.24) is 0 Å². The van der Waals surface area contributed by atoms with Gasteiger partial charge in [0.2, 0.25) is 0 Å². The summed E-state index contributed by atoms with van der Waals surface area (Å²) in [6.45, 7) is 2.03. The Morgan fingerprint density at radius 2 is 1.89 bits per heavy atom. The van der Waals surface area contributed by atoms with Gasteiger partial charge >= 0.3 is 5.97 Å². The topological polar surface area (TPSA) is 48.0 Å². The monoisotopic (exact) mass is 267 g/mol. The van der Waals surface area contributed by atoms with Crippen LogP contribution in [0.2, 0.25) is 0 Å². The quantitative estimate of drug-likeness (QED) is 0.580. The number of rotatable bonds is 6. The van der Waals surface area contributed by atoms with Crippen LogP contribution >= 0.6 is 0 Å². The van der Waals surface area contributed by atoms with Crippen LogP contribution in [0.4, 0.5) is 5.69 Å². The molecule has 1 aromatic carbocycles. The summed E-state index contributed by atoms with van der Waals surface area (Å²) >= 11 is 0. The maximum absolute atomic E-state index is 11.3. The SMILES string of the molecule is COC(=O)CN(C)c1cccc(C(C)(OC)OC)c1. The summed E-state index contributed by atoms with van der Waals surface area (Å²) in [7, 11) is 6.38. The van der Waals surface area contributed by atoms with Gasteiger partial charge in [-0.05, 0) is 19.1 Å². The lowest BCUT2D eigenvalue weighted by atomic mass is 10.1. The number of nitrogens with zero attached hydrogens (tertiary/aromatic N) is 1. The van der Waals surface area contributed by atoms with Crippen LogP contribution in [-0.4, -0.2) is 40.9 Å². The zero-order valence-corrected chi connectivity index (χ0v) is 12.1. The van der Waals surface area contributed by atoms with Crippen molar-refractivity contribution in [3.05, 3.63) is 29.8 Å². The predicted molar refractivity (Wildman–Crippen MR) is 73.1 cm³/mol. The number of esters is 1. The molecule has 5 nitrogen and oxygen atoms in total. The average Bonchev–Trinajstić information content (AvgIpc) is 2.46. The molecule has 0 amide bonds. The molecular formula is C14H21NO4. The molecule has 0 bridgehead atoms. The van der Waals surface area contributed by atoms with E-state index in [2.05, 4.69) is 4.74 Å². The number of ether oxygens (including phenoxy) is 3. The van der Waals surface area contributed by atoms with E-state index in [-0.39, 0.29) is 12.5 Å². The van der Waals surface area contributed by atoms with Crippen molar-refractivity contribution in [3.63, 3.8) is 0 Å². The Kier molecular flexibility index (Phi) is 5.32. The van der Waals surface area contributed by atoms with E-state index in [1.165, 1.54) is 7.11 Å². The number of methoxy groups -OCH3 is 3. The minimum absolute atomic E-state index is 0.191. The fourth-order valence-corrected chi connectivity index (χ4v) is 1.69. The molecule has 1 rings (SSSR count). The van der Waals surface area contributed by atoms with Crippen LogP contribution in [-0.2, 0) is 24.8 Å². The second-order valence-electron chi connectivity index (χ2n) is 4.34. The van der Waals surface area contributed by atoms with Crippen molar-refractivity contribution in [2.75, 3.05) is 39.8 Å². The first kappa shape index (κ1) is 15.5. The van der Waals surface area contributed by atoms with E-state index >= 15 is 0 Å². The number of carbonyl (C=O) groups excluding carboxylic acids is 1. The van der Waals surface area contributed by atoms with Gasteiger partial charge in [0, 0.05) is 32.5 Å². The highest BCUT2D eigenvalue weighted by molar-refractivity contribution is 5.75. The van der Waals surface area contributed by atoms with Gasteiger partial charge < -0.3 is 19.1 Å². The number of anilines is 1. The molecule has 0 unspecified atom stereocenters. The van der Waals surface area contributed by atoms with Gasteiger partial charge in [0.1, 0.15) is 6.54 Å². The van der Waals surface area contributed by atoms with E-state index in [9.17, 15) is 4.79 Å². The molecule has 0 saturated carbocycles. The summed E-state index contributed by atoms with van der Waals surface area (Å²) in [5, 5.41) is 0. The molecule has 0 aliphatic heterocycles. The van der Waals surface area contributed by atoms with Crippen molar-refractivity contribution >= 4 is 11.7 Å². The van der Waals surface area contributed by atoms with Gasteiger partial charge in [-0.1, -0.05) is 12.1 Å². The second-order valence-corrected chi connectivity index (χ2v) is 4.34. The molecule has 0 radical (unpaired) electrons. The normalized spacial score (nSPS) is 11.2. The Labute approximate surface area is 114 Å². The molecule has 0 heterocycles. The lowest BCUT2D eigenvalue weighted by molar-refractivity contribution is -0.201. The Morgan fingerprint density at radius 3 is 2.42 bits per heavy atom. The maximum atomic E-state index is 11.3. The van der Waals surface area contributed by atoms with Crippen molar-refractivity contribution in [2.24, 2.45) is 0 Å². The van der Waals surface area contributed by atoms with Gasteiger partial charge in [0.05, 0.1) is 7.11 Å². The average molecular weight is 267 g/mol. The Hall–Kier alpha value is -1.59. The molecule has 5 heteroatoms. The highest BCUT2D eigenvalue weighted by atomic mass is 16.7. The number of benzene rings is 1. The number of carbonyl (C=O) groups is 1. The van der Waals surface area contributed by atoms with Gasteiger partial charge in [-0.15, -0.1) is 0 Å². The Morgan fingerprint density at radius 1 is 1.26 bits per heavy atom. The van der Waals surface area contributed by atoms with Gasteiger partial charge in [-0.25, -0.2) is 0 Å². The third-order valence-corrected chi connectivity index (χ3v) is 3.18. The van der Waals surface area contributed by atoms with E-state index in [1.807, 2.05) is 38.2 Å². The molecule has 19 heavy (non-hydrogen) atoms. The number of hydrogen-bond donors (Lipinski definition) is 0. The molecule has 1 aromatic rings.